The number of aliphatic imine (C=N–C) groups is 1. The van der Waals surface area contributed by atoms with Gasteiger partial charge in [0.05, 0.1) is 24.9 Å². The maximum atomic E-state index is 8.83. The molecule has 0 atom stereocenters. The third-order valence-electron chi connectivity index (χ3n) is 2.49. The zero-order valence-corrected chi connectivity index (χ0v) is 10.2. The van der Waals surface area contributed by atoms with Gasteiger partial charge in [-0.05, 0) is 6.07 Å². The van der Waals surface area contributed by atoms with Crippen molar-refractivity contribution in [1.82, 2.24) is 9.78 Å². The predicted molar refractivity (Wildman–Crippen MR) is 68.6 cm³/mol. The summed E-state index contributed by atoms with van der Waals surface area (Å²) >= 11 is 0. The molecule has 6 heteroatoms. The molecule has 0 fully saturated rings. The van der Waals surface area contributed by atoms with Gasteiger partial charge in [-0.1, -0.05) is 0 Å². The number of anilines is 1. The third-order valence-corrected chi connectivity index (χ3v) is 2.49. The molecule has 6 nitrogen and oxygen atoms in total. The van der Waals surface area contributed by atoms with Crippen molar-refractivity contribution in [3.8, 4) is 0 Å². The van der Waals surface area contributed by atoms with Gasteiger partial charge in [-0.2, -0.15) is 5.10 Å². The highest BCUT2D eigenvalue weighted by Crippen LogP contribution is 2.20. The zero-order valence-electron chi connectivity index (χ0n) is 10.2. The Morgan fingerprint density at radius 2 is 2.44 bits per heavy atom. The molecule has 0 saturated heterocycles. The van der Waals surface area contributed by atoms with Crippen LogP contribution in [0.15, 0.2) is 35.7 Å². The largest absolute Gasteiger partial charge is 0.394 e. The van der Waals surface area contributed by atoms with Gasteiger partial charge in [0.15, 0.2) is 12.4 Å². The Morgan fingerprint density at radius 3 is 3.17 bits per heavy atom. The standard InChI is InChI=1S/C12H16N5O/c1-16-4-2-3-10(9-16)7-14-11-8-15-17(5-6-18)12(11)13/h2-4,7-9,18H,5-6,13H2,1H3/q+1. The maximum absolute atomic E-state index is 8.83. The van der Waals surface area contributed by atoms with Crippen LogP contribution in [-0.2, 0) is 13.6 Å². The lowest BCUT2D eigenvalue weighted by molar-refractivity contribution is -0.671. The normalized spacial score (nSPS) is 11.2. The molecule has 2 heterocycles. The Bertz CT molecular complexity index is 561. The number of pyridine rings is 1. The van der Waals surface area contributed by atoms with Crippen molar-refractivity contribution in [3.63, 3.8) is 0 Å². The van der Waals surface area contributed by atoms with E-state index in [2.05, 4.69) is 10.1 Å². The molecule has 0 bridgehead atoms. The fourth-order valence-corrected chi connectivity index (χ4v) is 1.59. The fraction of sp³-hybridized carbons (Fsp3) is 0.250. The van der Waals surface area contributed by atoms with Crippen LogP contribution in [-0.4, -0.2) is 27.7 Å². The minimum Gasteiger partial charge on any atom is -0.394 e. The number of nitrogen functional groups attached to an aromatic ring is 1. The number of aryl methyl sites for hydroxylation is 1. The Kier molecular flexibility index (Phi) is 3.69. The molecule has 0 unspecified atom stereocenters. The molecule has 0 aliphatic rings. The minimum absolute atomic E-state index is 0.00353. The Balaban J connectivity index is 2.18. The monoisotopic (exact) mass is 246 g/mol. The second kappa shape index (κ2) is 5.42. The van der Waals surface area contributed by atoms with Crippen LogP contribution in [0.2, 0.25) is 0 Å². The van der Waals surface area contributed by atoms with Crippen molar-refractivity contribution in [2.45, 2.75) is 6.54 Å². The molecular formula is C12H16N5O+. The van der Waals surface area contributed by atoms with Gasteiger partial charge in [0, 0.05) is 12.3 Å². The van der Waals surface area contributed by atoms with Crippen LogP contribution in [0.25, 0.3) is 0 Å². The second-order valence-corrected chi connectivity index (χ2v) is 3.92. The molecule has 18 heavy (non-hydrogen) atoms. The van der Waals surface area contributed by atoms with Crippen LogP contribution >= 0.6 is 0 Å². The number of nitrogens with zero attached hydrogens (tertiary/aromatic N) is 4. The van der Waals surface area contributed by atoms with E-state index in [1.54, 1.807) is 12.4 Å². The van der Waals surface area contributed by atoms with E-state index in [9.17, 15) is 0 Å². The molecule has 0 aromatic carbocycles. The minimum atomic E-state index is 0.00353. The van der Waals surface area contributed by atoms with E-state index in [1.807, 2.05) is 36.1 Å². The summed E-state index contributed by atoms with van der Waals surface area (Å²) < 4.78 is 3.47. The first-order chi connectivity index (χ1) is 8.70. The summed E-state index contributed by atoms with van der Waals surface area (Å²) in [6.45, 7) is 0.380. The highest BCUT2D eigenvalue weighted by molar-refractivity contribution is 5.82. The summed E-state index contributed by atoms with van der Waals surface area (Å²) in [4.78, 5) is 4.29. The van der Waals surface area contributed by atoms with E-state index in [0.717, 1.165) is 5.56 Å². The van der Waals surface area contributed by atoms with Crippen LogP contribution < -0.4 is 10.3 Å². The average molecular weight is 246 g/mol. The van der Waals surface area contributed by atoms with Gasteiger partial charge in [-0.3, -0.25) is 4.99 Å². The predicted octanol–water partition coefficient (Wildman–Crippen LogP) is 0.0327. The highest BCUT2D eigenvalue weighted by Gasteiger charge is 2.05. The van der Waals surface area contributed by atoms with Crippen molar-refractivity contribution in [3.05, 3.63) is 36.3 Å². The Morgan fingerprint density at radius 1 is 1.61 bits per heavy atom. The number of rotatable bonds is 4. The van der Waals surface area contributed by atoms with E-state index < -0.39 is 0 Å². The summed E-state index contributed by atoms with van der Waals surface area (Å²) in [7, 11) is 1.95. The first-order valence-electron chi connectivity index (χ1n) is 5.62. The molecule has 0 aliphatic heterocycles. The Labute approximate surface area is 105 Å². The molecule has 2 rings (SSSR count). The number of hydrogen-bond donors (Lipinski definition) is 2. The van der Waals surface area contributed by atoms with E-state index in [1.165, 1.54) is 4.68 Å². The average Bonchev–Trinajstić information content (AvgIpc) is 2.69. The molecule has 0 aliphatic carbocycles. The molecule has 0 amide bonds. The van der Waals surface area contributed by atoms with Crippen molar-refractivity contribution in [2.75, 3.05) is 12.3 Å². The van der Waals surface area contributed by atoms with Gasteiger partial charge in [-0.25, -0.2) is 9.25 Å². The smallest absolute Gasteiger partial charge is 0.177 e. The van der Waals surface area contributed by atoms with E-state index in [4.69, 9.17) is 10.8 Å². The van der Waals surface area contributed by atoms with Gasteiger partial charge in [0.1, 0.15) is 18.6 Å². The molecule has 0 radical (unpaired) electrons. The third kappa shape index (κ3) is 2.72. The van der Waals surface area contributed by atoms with Crippen molar-refractivity contribution >= 4 is 17.7 Å². The first-order valence-corrected chi connectivity index (χ1v) is 5.62. The summed E-state index contributed by atoms with van der Waals surface area (Å²) in [6, 6.07) is 3.90. The van der Waals surface area contributed by atoms with Gasteiger partial charge in [0.25, 0.3) is 0 Å². The topological polar surface area (TPSA) is 80.3 Å². The molecule has 0 spiro atoms. The number of aromatic nitrogens is 3. The lowest BCUT2D eigenvalue weighted by Gasteiger charge is -1.99. The highest BCUT2D eigenvalue weighted by atomic mass is 16.3. The van der Waals surface area contributed by atoms with Crippen molar-refractivity contribution in [2.24, 2.45) is 12.0 Å². The molecule has 2 aromatic heterocycles. The summed E-state index contributed by atoms with van der Waals surface area (Å²) in [5, 5.41) is 12.9. The lowest BCUT2D eigenvalue weighted by Crippen LogP contribution is -2.26. The molecule has 0 saturated carbocycles. The van der Waals surface area contributed by atoms with Crippen LogP contribution in [0.3, 0.4) is 0 Å². The summed E-state index contributed by atoms with van der Waals surface area (Å²) in [5.41, 5.74) is 7.44. The Hall–Kier alpha value is -2.21. The SMILES string of the molecule is C[n+]1cccc(C=Nc2cnn(CCO)c2N)c1. The number of hydrogen-bond acceptors (Lipinski definition) is 4. The first kappa shape index (κ1) is 12.3. The van der Waals surface area contributed by atoms with Gasteiger partial charge >= 0.3 is 0 Å². The van der Waals surface area contributed by atoms with Crippen molar-refractivity contribution < 1.29 is 9.67 Å². The van der Waals surface area contributed by atoms with Crippen LogP contribution in [0.4, 0.5) is 11.5 Å². The van der Waals surface area contributed by atoms with E-state index >= 15 is 0 Å². The van der Waals surface area contributed by atoms with Crippen LogP contribution in [0.1, 0.15) is 5.56 Å². The summed E-state index contributed by atoms with van der Waals surface area (Å²) in [5.74, 6) is 0.459. The maximum Gasteiger partial charge on any atom is 0.177 e. The number of nitrogens with two attached hydrogens (primary N) is 1. The van der Waals surface area contributed by atoms with Gasteiger partial charge < -0.3 is 10.8 Å². The van der Waals surface area contributed by atoms with Gasteiger partial charge in [-0.15, -0.1) is 0 Å². The number of aliphatic hydroxyl groups excluding tert-OH is 1. The molecule has 94 valence electrons. The molecule has 3 N–H and O–H groups in total. The fourth-order valence-electron chi connectivity index (χ4n) is 1.59. The summed E-state index contributed by atoms with van der Waals surface area (Å²) in [6.07, 6.45) is 7.23. The van der Waals surface area contributed by atoms with Gasteiger partial charge in [0.2, 0.25) is 0 Å². The van der Waals surface area contributed by atoms with Crippen molar-refractivity contribution in [1.29, 1.82) is 0 Å². The number of aliphatic hydroxyl groups is 1. The van der Waals surface area contributed by atoms with Crippen LogP contribution in [0.5, 0.6) is 0 Å². The van der Waals surface area contributed by atoms with E-state index in [0.29, 0.717) is 18.1 Å². The van der Waals surface area contributed by atoms with Crippen LogP contribution in [0, 0.1) is 0 Å². The second-order valence-electron chi connectivity index (χ2n) is 3.92. The molecular weight excluding hydrogens is 230 g/mol. The van der Waals surface area contributed by atoms with E-state index in [-0.39, 0.29) is 6.61 Å². The lowest BCUT2D eigenvalue weighted by atomic mass is 10.3. The zero-order chi connectivity index (χ0) is 13.0. The molecule has 2 aromatic rings. The quantitative estimate of drug-likeness (QED) is 0.590.